The molecule has 1 aromatic heterocycles. The third-order valence-corrected chi connectivity index (χ3v) is 5.76. The monoisotopic (exact) mass is 468 g/mol. The first-order valence-corrected chi connectivity index (χ1v) is 9.88. The topological polar surface area (TPSA) is 84.2 Å². The Morgan fingerprint density at radius 3 is 1.97 bits per heavy atom. The number of nitrogens with zero attached hydrogens (tertiary/aromatic N) is 2. The van der Waals surface area contributed by atoms with Crippen LogP contribution in [0.4, 0.5) is 0 Å². The van der Waals surface area contributed by atoms with Gasteiger partial charge in [-0.25, -0.2) is 4.98 Å². The molecule has 3 rings (SSSR count). The largest absolute Gasteiger partial charge is 1.00 e. The number of carboxylic acid groups (broad SMARTS) is 1. The van der Waals surface area contributed by atoms with Gasteiger partial charge in [-0.1, -0.05) is 66.5 Å². The van der Waals surface area contributed by atoms with E-state index >= 15 is 0 Å². The van der Waals surface area contributed by atoms with Crippen LogP contribution >= 0.6 is 23.2 Å². The second-order valence-electron chi connectivity index (χ2n) is 6.81. The molecule has 1 atom stereocenters. The molecule has 0 radical (unpaired) electrons. The van der Waals surface area contributed by atoms with Crippen molar-refractivity contribution in [2.24, 2.45) is 7.05 Å². The van der Waals surface area contributed by atoms with Gasteiger partial charge in [0.1, 0.15) is 11.5 Å². The van der Waals surface area contributed by atoms with Crippen LogP contribution in [0.3, 0.4) is 0 Å². The molecule has 0 saturated heterocycles. The molecule has 0 aliphatic carbocycles. The first-order chi connectivity index (χ1) is 14.3. The van der Waals surface area contributed by atoms with E-state index in [-0.39, 0.29) is 41.1 Å². The Labute approximate surface area is 212 Å². The molecule has 0 amide bonds. The van der Waals surface area contributed by atoms with Gasteiger partial charge in [0.05, 0.1) is 13.1 Å². The number of hydrogen-bond acceptors (Lipinski definition) is 5. The van der Waals surface area contributed by atoms with Crippen LogP contribution in [0.2, 0.25) is 10.0 Å². The van der Waals surface area contributed by atoms with E-state index in [0.717, 1.165) is 11.1 Å². The standard InChI is InChI=1S/C22H20Cl2N2O4.Na/c1-12(20-25-18(22(28)29)19(30-3)21(27)26(20)2)17(13-8-4-6-10-15(13)23)14-9-5-7-11-16(14)24;/h4-12,17H,1-3H3,(H,28,29);/q;+1/p-1. The Morgan fingerprint density at radius 1 is 1.06 bits per heavy atom. The molecule has 0 bridgehead atoms. The van der Waals surface area contributed by atoms with E-state index in [1.807, 2.05) is 43.3 Å². The first kappa shape index (κ1) is 25.4. The van der Waals surface area contributed by atoms with E-state index in [4.69, 9.17) is 27.9 Å². The summed E-state index contributed by atoms with van der Waals surface area (Å²) in [4.78, 5) is 28.6. The SMILES string of the molecule is COc1c(C(=O)[O-])nc(C(C)C(c2ccccc2Cl)c2ccccc2Cl)n(C)c1=O.[Na+]. The number of carbonyl (C=O) groups excluding carboxylic acids is 1. The van der Waals surface area contributed by atoms with Crippen LogP contribution in [-0.4, -0.2) is 22.6 Å². The summed E-state index contributed by atoms with van der Waals surface area (Å²) in [6.45, 7) is 1.84. The molecule has 0 saturated carbocycles. The van der Waals surface area contributed by atoms with Crippen LogP contribution in [0.1, 0.15) is 46.2 Å². The van der Waals surface area contributed by atoms with Gasteiger partial charge in [0.15, 0.2) is 0 Å². The zero-order valence-corrected chi connectivity index (χ0v) is 21.1. The van der Waals surface area contributed by atoms with Crippen LogP contribution in [0, 0.1) is 0 Å². The summed E-state index contributed by atoms with van der Waals surface area (Å²) >= 11 is 13.0. The Hall–Kier alpha value is -1.83. The molecule has 1 heterocycles. The summed E-state index contributed by atoms with van der Waals surface area (Å²) in [5.74, 6) is -2.59. The van der Waals surface area contributed by atoms with E-state index < -0.39 is 29.1 Å². The molecule has 1 unspecified atom stereocenters. The molecule has 156 valence electrons. The molecule has 0 N–H and O–H groups in total. The minimum Gasteiger partial charge on any atom is -0.543 e. The second kappa shape index (κ2) is 10.7. The van der Waals surface area contributed by atoms with E-state index in [9.17, 15) is 14.7 Å². The van der Waals surface area contributed by atoms with Gasteiger partial charge >= 0.3 is 29.6 Å². The Morgan fingerprint density at radius 2 is 1.55 bits per heavy atom. The minimum absolute atomic E-state index is 0. The number of hydrogen-bond donors (Lipinski definition) is 0. The van der Waals surface area contributed by atoms with Gasteiger partial charge in [-0.3, -0.25) is 9.36 Å². The molecular formula is C22H19Cl2N2NaO4. The fourth-order valence-electron chi connectivity index (χ4n) is 3.64. The number of halogens is 2. The number of aromatic carboxylic acids is 1. The van der Waals surface area contributed by atoms with Crippen LogP contribution in [0.25, 0.3) is 0 Å². The number of carboxylic acids is 1. The van der Waals surface area contributed by atoms with Crippen molar-refractivity contribution in [3.63, 3.8) is 0 Å². The molecule has 0 spiro atoms. The number of methoxy groups -OCH3 is 1. The number of ether oxygens (including phenoxy) is 1. The maximum absolute atomic E-state index is 12.7. The maximum atomic E-state index is 12.7. The Bertz CT molecular complexity index is 1120. The van der Waals surface area contributed by atoms with Crippen LogP contribution < -0.4 is 45.0 Å². The van der Waals surface area contributed by atoms with Crippen molar-refractivity contribution < 1.29 is 44.2 Å². The number of benzene rings is 2. The molecule has 6 nitrogen and oxygen atoms in total. The molecule has 31 heavy (non-hydrogen) atoms. The Balaban J connectivity index is 0.00000341. The van der Waals surface area contributed by atoms with Crippen molar-refractivity contribution in [1.29, 1.82) is 0 Å². The van der Waals surface area contributed by atoms with Crippen molar-refractivity contribution in [1.82, 2.24) is 9.55 Å². The maximum Gasteiger partial charge on any atom is 1.00 e. The van der Waals surface area contributed by atoms with Gasteiger partial charge in [0.25, 0.3) is 5.56 Å². The summed E-state index contributed by atoms with van der Waals surface area (Å²) in [6.07, 6.45) is 0. The summed E-state index contributed by atoms with van der Waals surface area (Å²) < 4.78 is 6.24. The van der Waals surface area contributed by atoms with Gasteiger partial charge in [-0.05, 0) is 23.3 Å². The summed E-state index contributed by atoms with van der Waals surface area (Å²) in [5, 5.41) is 12.6. The minimum atomic E-state index is -1.59. The van der Waals surface area contributed by atoms with E-state index in [1.54, 1.807) is 12.1 Å². The molecule has 9 heteroatoms. The van der Waals surface area contributed by atoms with Gasteiger partial charge in [0, 0.05) is 28.9 Å². The van der Waals surface area contributed by atoms with Crippen molar-refractivity contribution in [3.05, 3.63) is 91.6 Å². The van der Waals surface area contributed by atoms with Gasteiger partial charge in [-0.15, -0.1) is 0 Å². The predicted octanol–water partition coefficient (Wildman–Crippen LogP) is 0.399. The smallest absolute Gasteiger partial charge is 0.543 e. The summed E-state index contributed by atoms with van der Waals surface area (Å²) in [6, 6.07) is 14.6. The van der Waals surface area contributed by atoms with E-state index in [0.29, 0.717) is 10.0 Å². The quantitative estimate of drug-likeness (QED) is 0.489. The molecular weight excluding hydrogens is 450 g/mol. The molecule has 0 aliphatic rings. The first-order valence-electron chi connectivity index (χ1n) is 9.13. The van der Waals surface area contributed by atoms with Crippen LogP contribution in [0.15, 0.2) is 53.3 Å². The second-order valence-corrected chi connectivity index (χ2v) is 7.63. The van der Waals surface area contributed by atoms with Crippen molar-refractivity contribution in [3.8, 4) is 5.75 Å². The van der Waals surface area contributed by atoms with Crippen molar-refractivity contribution in [2.75, 3.05) is 7.11 Å². The molecule has 0 aliphatic heterocycles. The van der Waals surface area contributed by atoms with Gasteiger partial charge in [-0.2, -0.15) is 0 Å². The summed E-state index contributed by atoms with van der Waals surface area (Å²) in [5.41, 5.74) is 0.393. The van der Waals surface area contributed by atoms with E-state index in [2.05, 4.69) is 4.98 Å². The van der Waals surface area contributed by atoms with Gasteiger partial charge < -0.3 is 14.6 Å². The van der Waals surface area contributed by atoms with Crippen LogP contribution in [-0.2, 0) is 7.05 Å². The molecule has 0 fully saturated rings. The average Bonchev–Trinajstić information content (AvgIpc) is 2.72. The fourth-order valence-corrected chi connectivity index (χ4v) is 4.14. The van der Waals surface area contributed by atoms with Crippen molar-refractivity contribution >= 4 is 29.2 Å². The van der Waals surface area contributed by atoms with Gasteiger partial charge in [0.2, 0.25) is 5.75 Å². The average molecular weight is 469 g/mol. The zero-order chi connectivity index (χ0) is 22.0. The van der Waals surface area contributed by atoms with Crippen LogP contribution in [0.5, 0.6) is 5.75 Å². The third kappa shape index (κ3) is 4.99. The number of aromatic nitrogens is 2. The predicted molar refractivity (Wildman–Crippen MR) is 114 cm³/mol. The van der Waals surface area contributed by atoms with Crippen molar-refractivity contribution in [2.45, 2.75) is 18.8 Å². The number of rotatable bonds is 6. The summed E-state index contributed by atoms with van der Waals surface area (Å²) in [7, 11) is 2.73. The Kier molecular flexibility index (Phi) is 8.74. The van der Waals surface area contributed by atoms with E-state index in [1.165, 1.54) is 18.7 Å². The zero-order valence-electron chi connectivity index (χ0n) is 17.6. The third-order valence-electron chi connectivity index (χ3n) is 5.07. The molecule has 3 aromatic rings. The molecule has 2 aromatic carbocycles. The number of carbonyl (C=O) groups is 1. The fraction of sp³-hybridized carbons (Fsp3) is 0.227. The normalized spacial score (nSPS) is 11.7.